The van der Waals surface area contributed by atoms with E-state index in [1.807, 2.05) is 48.5 Å². The summed E-state index contributed by atoms with van der Waals surface area (Å²) in [4.78, 5) is 11.2. The molecule has 4 rings (SSSR count). The van der Waals surface area contributed by atoms with Crippen LogP contribution in [0, 0.1) is 10.1 Å². The van der Waals surface area contributed by atoms with E-state index in [1.54, 1.807) is 12.1 Å². The molecule has 0 amide bonds. The van der Waals surface area contributed by atoms with Crippen LogP contribution in [0.2, 0.25) is 5.02 Å². The molecule has 0 spiro atoms. The second-order valence-corrected chi connectivity index (χ2v) is 6.37. The van der Waals surface area contributed by atoms with Gasteiger partial charge in [-0.05, 0) is 33.5 Å². The van der Waals surface area contributed by atoms with Gasteiger partial charge in [0.25, 0.3) is 5.69 Å². The number of fused-ring (bicyclic) bond motifs is 1. The van der Waals surface area contributed by atoms with Crippen molar-refractivity contribution >= 4 is 28.1 Å². The van der Waals surface area contributed by atoms with Crippen LogP contribution in [-0.2, 0) is 0 Å². The molecule has 0 aliphatic heterocycles. The molecule has 126 valence electrons. The molecule has 0 N–H and O–H groups in total. The zero-order valence-corrected chi connectivity index (χ0v) is 14.5. The summed E-state index contributed by atoms with van der Waals surface area (Å²) in [5.41, 5.74) is 3.14. The molecule has 0 saturated heterocycles. The largest absolute Gasteiger partial charge is 0.278 e. The highest BCUT2D eigenvalue weighted by Crippen LogP contribution is 2.42. The smallest absolute Gasteiger partial charge is 0.258 e. The van der Waals surface area contributed by atoms with Gasteiger partial charge in [-0.1, -0.05) is 84.4 Å². The van der Waals surface area contributed by atoms with Crippen molar-refractivity contribution in [1.29, 1.82) is 0 Å². The molecule has 0 aliphatic carbocycles. The van der Waals surface area contributed by atoms with Gasteiger partial charge in [0.15, 0.2) is 0 Å². The van der Waals surface area contributed by atoms with Crippen molar-refractivity contribution in [2.45, 2.75) is 0 Å². The van der Waals surface area contributed by atoms with E-state index >= 15 is 0 Å². The molecule has 0 unspecified atom stereocenters. The minimum Gasteiger partial charge on any atom is -0.258 e. The lowest BCUT2D eigenvalue weighted by Gasteiger charge is -2.14. The number of rotatable bonds is 3. The van der Waals surface area contributed by atoms with Crippen LogP contribution < -0.4 is 0 Å². The van der Waals surface area contributed by atoms with E-state index in [0.29, 0.717) is 10.6 Å². The van der Waals surface area contributed by atoms with E-state index in [4.69, 9.17) is 11.6 Å². The fourth-order valence-corrected chi connectivity index (χ4v) is 3.60. The minimum atomic E-state index is -0.388. The quantitative estimate of drug-likeness (QED) is 0.300. The Labute approximate surface area is 155 Å². The van der Waals surface area contributed by atoms with E-state index in [-0.39, 0.29) is 10.6 Å². The summed E-state index contributed by atoms with van der Waals surface area (Å²) >= 11 is 6.38. The van der Waals surface area contributed by atoms with Crippen LogP contribution in [0.3, 0.4) is 0 Å². The highest BCUT2D eigenvalue weighted by molar-refractivity contribution is 6.34. The van der Waals surface area contributed by atoms with Gasteiger partial charge in [0.05, 0.1) is 15.5 Å². The first-order chi connectivity index (χ1) is 12.7. The molecule has 4 aromatic rings. The number of nitrogens with zero attached hydrogens (tertiary/aromatic N) is 1. The third-order valence-corrected chi connectivity index (χ3v) is 4.78. The lowest BCUT2D eigenvalue weighted by Crippen LogP contribution is -1.94. The first-order valence-corrected chi connectivity index (χ1v) is 8.55. The van der Waals surface area contributed by atoms with Gasteiger partial charge in [0.2, 0.25) is 0 Å². The van der Waals surface area contributed by atoms with Crippen LogP contribution in [0.5, 0.6) is 0 Å². The molecule has 0 aliphatic rings. The zero-order valence-electron chi connectivity index (χ0n) is 13.7. The van der Waals surface area contributed by atoms with Gasteiger partial charge in [0, 0.05) is 6.07 Å². The summed E-state index contributed by atoms with van der Waals surface area (Å²) in [6.07, 6.45) is 0. The summed E-state index contributed by atoms with van der Waals surface area (Å²) in [5.74, 6) is 0. The Bertz CT molecular complexity index is 1130. The Morgan fingerprint density at radius 1 is 0.692 bits per heavy atom. The summed E-state index contributed by atoms with van der Waals surface area (Å²) in [6, 6.07) is 26.6. The monoisotopic (exact) mass is 359 g/mol. The fraction of sp³-hybridized carbons (Fsp3) is 0. The van der Waals surface area contributed by atoms with Crippen LogP contribution in [0.15, 0.2) is 84.9 Å². The van der Waals surface area contributed by atoms with Crippen LogP contribution in [0.4, 0.5) is 5.69 Å². The second kappa shape index (κ2) is 6.62. The highest BCUT2D eigenvalue weighted by Gasteiger charge is 2.21. The predicted molar refractivity (Wildman–Crippen MR) is 106 cm³/mol. The van der Waals surface area contributed by atoms with Crippen LogP contribution >= 0.6 is 11.6 Å². The first-order valence-electron chi connectivity index (χ1n) is 8.17. The first kappa shape index (κ1) is 16.3. The Morgan fingerprint density at radius 3 is 2.12 bits per heavy atom. The maximum atomic E-state index is 11.6. The van der Waals surface area contributed by atoms with Gasteiger partial charge in [0.1, 0.15) is 0 Å². The summed E-state index contributed by atoms with van der Waals surface area (Å²) < 4.78 is 0. The standard InChI is InChI=1S/C22H14ClNO2/c23-20-13-6-14-21(24(25)26)22(20)19-11-4-3-10-18(19)17-12-5-8-15-7-1-2-9-16(15)17/h1-14H. The van der Waals surface area contributed by atoms with E-state index in [2.05, 4.69) is 18.2 Å². The van der Waals surface area contributed by atoms with Gasteiger partial charge in [-0.15, -0.1) is 0 Å². The molecular formula is C22H14ClNO2. The van der Waals surface area contributed by atoms with Gasteiger partial charge in [-0.25, -0.2) is 0 Å². The lowest BCUT2D eigenvalue weighted by atomic mass is 9.91. The summed E-state index contributed by atoms with van der Waals surface area (Å²) in [7, 11) is 0. The molecule has 0 heterocycles. The van der Waals surface area contributed by atoms with Gasteiger partial charge in [-0.3, -0.25) is 10.1 Å². The molecular weight excluding hydrogens is 346 g/mol. The molecule has 0 fully saturated rings. The van der Waals surface area contributed by atoms with Crippen LogP contribution in [0.1, 0.15) is 0 Å². The third kappa shape index (κ3) is 2.72. The number of nitro groups is 1. The topological polar surface area (TPSA) is 43.1 Å². The second-order valence-electron chi connectivity index (χ2n) is 5.96. The average Bonchev–Trinajstić information content (AvgIpc) is 2.67. The number of benzene rings is 4. The molecule has 0 aromatic heterocycles. The van der Waals surface area contributed by atoms with E-state index < -0.39 is 0 Å². The number of nitro benzene ring substituents is 1. The molecule has 0 radical (unpaired) electrons. The Hall–Kier alpha value is -3.17. The van der Waals surface area contributed by atoms with E-state index in [1.165, 1.54) is 6.07 Å². The summed E-state index contributed by atoms with van der Waals surface area (Å²) in [5, 5.41) is 14.1. The van der Waals surface area contributed by atoms with Crippen molar-refractivity contribution in [2.24, 2.45) is 0 Å². The Kier molecular flexibility index (Phi) is 4.15. The van der Waals surface area contributed by atoms with Crippen molar-refractivity contribution in [3.8, 4) is 22.3 Å². The predicted octanol–water partition coefficient (Wildman–Crippen LogP) is 6.74. The molecule has 3 nitrogen and oxygen atoms in total. The number of halogens is 1. The van der Waals surface area contributed by atoms with Gasteiger partial charge < -0.3 is 0 Å². The van der Waals surface area contributed by atoms with Crippen molar-refractivity contribution in [2.75, 3.05) is 0 Å². The molecule has 4 aromatic carbocycles. The van der Waals surface area contributed by atoms with Gasteiger partial charge in [-0.2, -0.15) is 0 Å². The van der Waals surface area contributed by atoms with Crippen molar-refractivity contribution < 1.29 is 4.92 Å². The lowest BCUT2D eigenvalue weighted by molar-refractivity contribution is -0.384. The van der Waals surface area contributed by atoms with Crippen molar-refractivity contribution in [3.63, 3.8) is 0 Å². The van der Waals surface area contributed by atoms with E-state index in [0.717, 1.165) is 27.5 Å². The van der Waals surface area contributed by atoms with Gasteiger partial charge >= 0.3 is 0 Å². The van der Waals surface area contributed by atoms with Crippen LogP contribution in [0.25, 0.3) is 33.0 Å². The van der Waals surface area contributed by atoms with Crippen molar-refractivity contribution in [1.82, 2.24) is 0 Å². The fourth-order valence-electron chi connectivity index (χ4n) is 3.33. The van der Waals surface area contributed by atoms with Crippen molar-refractivity contribution in [3.05, 3.63) is 100 Å². The molecule has 0 saturated carbocycles. The van der Waals surface area contributed by atoms with E-state index in [9.17, 15) is 10.1 Å². The molecule has 4 heteroatoms. The average molecular weight is 360 g/mol. The SMILES string of the molecule is O=[N+]([O-])c1cccc(Cl)c1-c1ccccc1-c1cccc2ccccc12. The highest BCUT2D eigenvalue weighted by atomic mass is 35.5. The normalized spacial score (nSPS) is 10.8. The maximum absolute atomic E-state index is 11.6. The Balaban J connectivity index is 2.05. The third-order valence-electron chi connectivity index (χ3n) is 4.46. The minimum absolute atomic E-state index is 0.00480. The van der Waals surface area contributed by atoms with Crippen LogP contribution in [-0.4, -0.2) is 4.92 Å². The molecule has 26 heavy (non-hydrogen) atoms. The summed E-state index contributed by atoms with van der Waals surface area (Å²) in [6.45, 7) is 0. The molecule has 0 atom stereocenters. The maximum Gasteiger partial charge on any atom is 0.278 e. The number of hydrogen-bond acceptors (Lipinski definition) is 2. The Morgan fingerprint density at radius 2 is 1.31 bits per heavy atom. The zero-order chi connectivity index (χ0) is 18.1. The number of hydrogen-bond donors (Lipinski definition) is 0. The molecule has 0 bridgehead atoms.